The molecule has 0 spiro atoms. The molecule has 1 saturated heterocycles. The lowest BCUT2D eigenvalue weighted by Crippen LogP contribution is -2.38. The average Bonchev–Trinajstić information content (AvgIpc) is 2.73. The summed E-state index contributed by atoms with van der Waals surface area (Å²) in [4.78, 5) is 30.0. The molecule has 0 radical (unpaired) electrons. The van der Waals surface area contributed by atoms with Crippen molar-refractivity contribution >= 4 is 23.4 Å². The number of aryl methyl sites for hydroxylation is 1. The van der Waals surface area contributed by atoms with Gasteiger partial charge in [-0.25, -0.2) is 4.98 Å². The molecule has 1 aromatic carbocycles. The van der Waals surface area contributed by atoms with Gasteiger partial charge in [-0.05, 0) is 43.5 Å². The number of benzene rings is 1. The Morgan fingerprint density at radius 3 is 2.47 bits per heavy atom. The maximum absolute atomic E-state index is 12.6. The highest BCUT2D eigenvalue weighted by Crippen LogP contribution is 2.30. The molecule has 1 fully saturated rings. The SMILES string of the molecule is Cc1ccccc1NC(=O)COC(=O)C1CCN(c2ccc(C(F)(F)F)cn2)CC1. The molecule has 1 amide bonds. The van der Waals surface area contributed by atoms with E-state index in [-0.39, 0.29) is 12.5 Å². The molecule has 0 bridgehead atoms. The number of ether oxygens (including phenoxy) is 1. The molecule has 0 atom stereocenters. The van der Waals surface area contributed by atoms with E-state index in [2.05, 4.69) is 10.3 Å². The van der Waals surface area contributed by atoms with Gasteiger partial charge in [-0.3, -0.25) is 9.59 Å². The summed E-state index contributed by atoms with van der Waals surface area (Å²) >= 11 is 0. The Kier molecular flexibility index (Phi) is 6.59. The van der Waals surface area contributed by atoms with E-state index in [4.69, 9.17) is 4.74 Å². The van der Waals surface area contributed by atoms with Crippen LogP contribution in [0.25, 0.3) is 0 Å². The first-order valence-corrected chi connectivity index (χ1v) is 9.54. The Morgan fingerprint density at radius 2 is 1.87 bits per heavy atom. The van der Waals surface area contributed by atoms with E-state index in [9.17, 15) is 22.8 Å². The highest BCUT2D eigenvalue weighted by molar-refractivity contribution is 5.93. The fourth-order valence-corrected chi connectivity index (χ4v) is 3.24. The van der Waals surface area contributed by atoms with Gasteiger partial charge in [0.25, 0.3) is 5.91 Å². The van der Waals surface area contributed by atoms with E-state index in [1.165, 1.54) is 6.07 Å². The van der Waals surface area contributed by atoms with Crippen molar-refractivity contribution < 1.29 is 27.5 Å². The van der Waals surface area contributed by atoms with Gasteiger partial charge in [0.05, 0.1) is 11.5 Å². The molecule has 2 heterocycles. The zero-order chi connectivity index (χ0) is 21.7. The fraction of sp³-hybridized carbons (Fsp3) is 0.381. The van der Waals surface area contributed by atoms with E-state index in [0.717, 1.165) is 17.8 Å². The number of carbonyl (C=O) groups excluding carboxylic acids is 2. The molecule has 1 N–H and O–H groups in total. The van der Waals surface area contributed by atoms with Crippen LogP contribution in [0, 0.1) is 12.8 Å². The number of esters is 1. The zero-order valence-electron chi connectivity index (χ0n) is 16.4. The number of amides is 1. The number of hydrogen-bond donors (Lipinski definition) is 1. The maximum atomic E-state index is 12.6. The number of para-hydroxylation sites is 1. The molecular formula is C21H22F3N3O3. The van der Waals surface area contributed by atoms with Gasteiger partial charge in [-0.2, -0.15) is 13.2 Å². The van der Waals surface area contributed by atoms with Crippen LogP contribution in [0.4, 0.5) is 24.7 Å². The summed E-state index contributed by atoms with van der Waals surface area (Å²) in [6.07, 6.45) is -2.67. The summed E-state index contributed by atoms with van der Waals surface area (Å²) in [7, 11) is 0. The number of piperidine rings is 1. The normalized spacial score (nSPS) is 15.0. The van der Waals surface area contributed by atoms with Gasteiger partial charge in [0.15, 0.2) is 6.61 Å². The quantitative estimate of drug-likeness (QED) is 0.744. The monoisotopic (exact) mass is 421 g/mol. The van der Waals surface area contributed by atoms with Crippen molar-refractivity contribution in [3.05, 3.63) is 53.7 Å². The molecule has 0 aliphatic carbocycles. The lowest BCUT2D eigenvalue weighted by molar-refractivity contribution is -0.152. The minimum Gasteiger partial charge on any atom is -0.455 e. The molecule has 2 aromatic rings. The molecule has 30 heavy (non-hydrogen) atoms. The van der Waals surface area contributed by atoms with Crippen molar-refractivity contribution in [2.75, 3.05) is 29.9 Å². The van der Waals surface area contributed by atoms with Crippen LogP contribution < -0.4 is 10.2 Å². The molecule has 3 rings (SSSR count). The third-order valence-corrected chi connectivity index (χ3v) is 4.99. The second-order valence-corrected chi connectivity index (χ2v) is 7.13. The van der Waals surface area contributed by atoms with Crippen LogP contribution in [0.5, 0.6) is 0 Å². The average molecular weight is 421 g/mol. The van der Waals surface area contributed by atoms with Crippen LogP contribution in [0.1, 0.15) is 24.0 Å². The minimum atomic E-state index is -4.42. The standard InChI is InChI=1S/C21H22F3N3O3/c1-14-4-2-3-5-17(14)26-19(28)13-30-20(29)15-8-10-27(11-9-15)18-7-6-16(12-25-18)21(22,23)24/h2-7,12,15H,8-11,13H2,1H3,(H,26,28). The zero-order valence-corrected chi connectivity index (χ0v) is 16.4. The molecule has 0 saturated carbocycles. The largest absolute Gasteiger partial charge is 0.455 e. The molecule has 0 unspecified atom stereocenters. The summed E-state index contributed by atoms with van der Waals surface area (Å²) in [5.41, 5.74) is 0.769. The molecule has 1 aliphatic rings. The van der Waals surface area contributed by atoms with Crippen LogP contribution >= 0.6 is 0 Å². The van der Waals surface area contributed by atoms with Crippen molar-refractivity contribution in [3.8, 4) is 0 Å². The number of pyridine rings is 1. The highest BCUT2D eigenvalue weighted by atomic mass is 19.4. The Morgan fingerprint density at radius 1 is 1.17 bits per heavy atom. The van der Waals surface area contributed by atoms with E-state index in [1.54, 1.807) is 12.1 Å². The fourth-order valence-electron chi connectivity index (χ4n) is 3.24. The first kappa shape index (κ1) is 21.6. The van der Waals surface area contributed by atoms with Crippen molar-refractivity contribution in [2.24, 2.45) is 5.92 Å². The van der Waals surface area contributed by atoms with Crippen molar-refractivity contribution in [1.82, 2.24) is 4.98 Å². The van der Waals surface area contributed by atoms with E-state index in [0.29, 0.717) is 37.4 Å². The second-order valence-electron chi connectivity index (χ2n) is 7.13. The van der Waals surface area contributed by atoms with Gasteiger partial charge >= 0.3 is 12.1 Å². The number of alkyl halides is 3. The third-order valence-electron chi connectivity index (χ3n) is 4.99. The molecular weight excluding hydrogens is 399 g/mol. The number of nitrogens with one attached hydrogen (secondary N) is 1. The van der Waals surface area contributed by atoms with Gasteiger partial charge < -0.3 is 15.0 Å². The summed E-state index contributed by atoms with van der Waals surface area (Å²) in [5.74, 6) is -0.784. The van der Waals surface area contributed by atoms with Crippen LogP contribution in [0.2, 0.25) is 0 Å². The van der Waals surface area contributed by atoms with Gasteiger partial charge in [0.2, 0.25) is 0 Å². The topological polar surface area (TPSA) is 71.5 Å². The van der Waals surface area contributed by atoms with Crippen LogP contribution in [-0.2, 0) is 20.5 Å². The predicted octanol–water partition coefficient (Wildman–Crippen LogP) is 3.81. The maximum Gasteiger partial charge on any atom is 0.417 e. The Bertz CT molecular complexity index is 892. The lowest BCUT2D eigenvalue weighted by atomic mass is 9.97. The second kappa shape index (κ2) is 9.15. The Balaban J connectivity index is 1.45. The Labute approximate surface area is 172 Å². The first-order chi connectivity index (χ1) is 14.2. The van der Waals surface area contributed by atoms with E-state index < -0.39 is 23.6 Å². The predicted molar refractivity (Wildman–Crippen MR) is 105 cm³/mol. The third kappa shape index (κ3) is 5.49. The van der Waals surface area contributed by atoms with Gasteiger partial charge in [0, 0.05) is 25.0 Å². The number of hydrogen-bond acceptors (Lipinski definition) is 5. The van der Waals surface area contributed by atoms with Crippen LogP contribution in [0.3, 0.4) is 0 Å². The smallest absolute Gasteiger partial charge is 0.417 e. The number of anilines is 2. The molecule has 160 valence electrons. The number of carbonyl (C=O) groups is 2. The van der Waals surface area contributed by atoms with Crippen molar-refractivity contribution in [3.63, 3.8) is 0 Å². The van der Waals surface area contributed by atoms with Crippen molar-refractivity contribution in [2.45, 2.75) is 25.9 Å². The molecule has 6 nitrogen and oxygen atoms in total. The van der Waals surface area contributed by atoms with Crippen LogP contribution in [-0.4, -0.2) is 36.6 Å². The summed E-state index contributed by atoms with van der Waals surface area (Å²) in [6.45, 7) is 2.43. The highest BCUT2D eigenvalue weighted by Gasteiger charge is 2.31. The van der Waals surface area contributed by atoms with E-state index in [1.807, 2.05) is 24.0 Å². The van der Waals surface area contributed by atoms with Gasteiger partial charge in [-0.1, -0.05) is 18.2 Å². The first-order valence-electron chi connectivity index (χ1n) is 9.54. The lowest BCUT2D eigenvalue weighted by Gasteiger charge is -2.31. The summed E-state index contributed by atoms with van der Waals surface area (Å²) < 4.78 is 43.1. The number of nitrogens with zero attached hydrogens (tertiary/aromatic N) is 2. The molecule has 1 aromatic heterocycles. The number of aromatic nitrogens is 1. The van der Waals surface area contributed by atoms with Gasteiger partial charge in [-0.15, -0.1) is 0 Å². The number of halogens is 3. The van der Waals surface area contributed by atoms with E-state index >= 15 is 0 Å². The summed E-state index contributed by atoms with van der Waals surface area (Å²) in [6, 6.07) is 9.61. The van der Waals surface area contributed by atoms with Crippen LogP contribution in [0.15, 0.2) is 42.6 Å². The minimum absolute atomic E-state index is 0.359. The Hall–Kier alpha value is -3.10. The molecule has 1 aliphatic heterocycles. The molecule has 9 heteroatoms. The van der Waals surface area contributed by atoms with Gasteiger partial charge in [0.1, 0.15) is 5.82 Å². The van der Waals surface area contributed by atoms with Crippen molar-refractivity contribution in [1.29, 1.82) is 0 Å². The summed E-state index contributed by atoms with van der Waals surface area (Å²) in [5, 5.41) is 2.70. The number of rotatable bonds is 5.